The van der Waals surface area contributed by atoms with E-state index in [2.05, 4.69) is 26.2 Å². The van der Waals surface area contributed by atoms with Gasteiger partial charge in [-0.3, -0.25) is 10.1 Å². The van der Waals surface area contributed by atoms with Gasteiger partial charge in [0, 0.05) is 27.2 Å². The maximum Gasteiger partial charge on any atom is 0.250 e. The van der Waals surface area contributed by atoms with Crippen molar-refractivity contribution in [2.45, 2.75) is 0 Å². The van der Waals surface area contributed by atoms with Crippen LogP contribution in [0.4, 0.5) is 10.8 Å². The molecule has 0 fully saturated rings. The number of halogens is 1. The number of carbonyl (C=O) groups is 1. The van der Waals surface area contributed by atoms with Gasteiger partial charge in [0.05, 0.1) is 5.69 Å². The number of thiazole rings is 1. The van der Waals surface area contributed by atoms with Crippen LogP contribution in [0.2, 0.25) is 0 Å². The minimum atomic E-state index is -0.219. The molecule has 1 heterocycles. The van der Waals surface area contributed by atoms with E-state index in [9.17, 15) is 4.79 Å². The molecule has 2 aromatic carbocycles. The molecule has 3 aromatic rings. The highest BCUT2D eigenvalue weighted by Crippen LogP contribution is 2.26. The Kier molecular flexibility index (Phi) is 5.08. The number of carbonyl (C=O) groups excluding carboxylic acids is 1. The number of nitrogen functional groups attached to an aromatic ring is 1. The topological polar surface area (TPSA) is 68.0 Å². The van der Waals surface area contributed by atoms with E-state index in [1.54, 1.807) is 18.2 Å². The van der Waals surface area contributed by atoms with Gasteiger partial charge in [-0.05, 0) is 35.9 Å². The number of nitrogens with one attached hydrogen (secondary N) is 1. The maximum atomic E-state index is 12.0. The molecule has 120 valence electrons. The molecule has 0 aliphatic rings. The van der Waals surface area contributed by atoms with E-state index in [4.69, 9.17) is 5.73 Å². The number of hydrogen-bond acceptors (Lipinski definition) is 4. The highest BCUT2D eigenvalue weighted by molar-refractivity contribution is 9.10. The first-order valence-corrected chi connectivity index (χ1v) is 8.83. The number of nitrogens with zero attached hydrogens (tertiary/aromatic N) is 1. The van der Waals surface area contributed by atoms with Gasteiger partial charge >= 0.3 is 0 Å². The number of hydrogen-bond donors (Lipinski definition) is 2. The second-order valence-corrected chi connectivity index (χ2v) is 6.81. The molecule has 0 bridgehead atoms. The Balaban J connectivity index is 1.64. The molecule has 0 saturated carbocycles. The Labute approximate surface area is 152 Å². The molecule has 3 rings (SSSR count). The van der Waals surface area contributed by atoms with Crippen LogP contribution in [0.3, 0.4) is 0 Å². The van der Waals surface area contributed by atoms with Gasteiger partial charge in [0.15, 0.2) is 5.13 Å². The summed E-state index contributed by atoms with van der Waals surface area (Å²) in [6, 6.07) is 15.2. The molecule has 0 aliphatic heterocycles. The first-order chi connectivity index (χ1) is 11.6. The summed E-state index contributed by atoms with van der Waals surface area (Å²) in [4.78, 5) is 16.4. The summed E-state index contributed by atoms with van der Waals surface area (Å²) >= 11 is 4.80. The maximum absolute atomic E-state index is 12.0. The van der Waals surface area contributed by atoms with Crippen molar-refractivity contribution in [2.24, 2.45) is 0 Å². The Morgan fingerprint density at radius 1 is 1.12 bits per heavy atom. The summed E-state index contributed by atoms with van der Waals surface area (Å²) in [6.07, 6.45) is 3.21. The smallest absolute Gasteiger partial charge is 0.250 e. The SMILES string of the molecule is Nc1ccc(/C=C/C(=O)Nc2nc(-c3ccc(Br)cc3)cs2)cc1. The molecule has 6 heteroatoms. The molecule has 1 amide bonds. The third-order valence-electron chi connectivity index (χ3n) is 3.24. The number of amides is 1. The molecule has 0 unspecified atom stereocenters. The van der Waals surface area contributed by atoms with Gasteiger partial charge < -0.3 is 5.73 Å². The predicted octanol–water partition coefficient (Wildman–Crippen LogP) is 4.81. The lowest BCUT2D eigenvalue weighted by molar-refractivity contribution is -0.111. The van der Waals surface area contributed by atoms with E-state index in [0.717, 1.165) is 21.3 Å². The van der Waals surface area contributed by atoms with Crippen molar-refractivity contribution in [3.63, 3.8) is 0 Å². The summed E-state index contributed by atoms with van der Waals surface area (Å²) in [5, 5.41) is 5.26. The van der Waals surface area contributed by atoms with E-state index in [1.165, 1.54) is 17.4 Å². The first kappa shape index (κ1) is 16.4. The largest absolute Gasteiger partial charge is 0.399 e. The van der Waals surface area contributed by atoms with Crippen molar-refractivity contribution in [3.05, 3.63) is 70.0 Å². The van der Waals surface area contributed by atoms with Gasteiger partial charge in [-0.15, -0.1) is 11.3 Å². The molecule has 24 heavy (non-hydrogen) atoms. The van der Waals surface area contributed by atoms with Crippen LogP contribution in [0.5, 0.6) is 0 Å². The summed E-state index contributed by atoms with van der Waals surface area (Å²) in [5.41, 5.74) is 9.08. The average Bonchev–Trinajstić information content (AvgIpc) is 3.03. The predicted molar refractivity (Wildman–Crippen MR) is 104 cm³/mol. The van der Waals surface area contributed by atoms with Crippen molar-refractivity contribution < 1.29 is 4.79 Å². The van der Waals surface area contributed by atoms with E-state index in [-0.39, 0.29) is 5.91 Å². The lowest BCUT2D eigenvalue weighted by Gasteiger charge is -1.98. The fraction of sp³-hybridized carbons (Fsp3) is 0. The van der Waals surface area contributed by atoms with E-state index < -0.39 is 0 Å². The Bertz CT molecular complexity index is 870. The third-order valence-corrected chi connectivity index (χ3v) is 4.52. The highest BCUT2D eigenvalue weighted by Gasteiger charge is 2.06. The van der Waals surface area contributed by atoms with Crippen LogP contribution in [-0.4, -0.2) is 10.9 Å². The van der Waals surface area contributed by atoms with Crippen LogP contribution in [0.25, 0.3) is 17.3 Å². The van der Waals surface area contributed by atoms with E-state index >= 15 is 0 Å². The molecular formula is C18H14BrN3OS. The minimum Gasteiger partial charge on any atom is -0.399 e. The lowest BCUT2D eigenvalue weighted by Crippen LogP contribution is -2.07. The lowest BCUT2D eigenvalue weighted by atomic mass is 10.2. The van der Waals surface area contributed by atoms with Crippen molar-refractivity contribution in [2.75, 3.05) is 11.1 Å². The number of nitrogens with two attached hydrogens (primary N) is 1. The van der Waals surface area contributed by atoms with Crippen LogP contribution in [-0.2, 0) is 4.79 Å². The summed E-state index contributed by atoms with van der Waals surface area (Å²) in [6.45, 7) is 0. The van der Waals surface area contributed by atoms with Gasteiger partial charge in [0.2, 0.25) is 5.91 Å². The van der Waals surface area contributed by atoms with Gasteiger partial charge in [-0.2, -0.15) is 0 Å². The summed E-state index contributed by atoms with van der Waals surface area (Å²) in [7, 11) is 0. The zero-order chi connectivity index (χ0) is 16.9. The first-order valence-electron chi connectivity index (χ1n) is 7.16. The monoisotopic (exact) mass is 399 g/mol. The molecule has 0 radical (unpaired) electrons. The Hall–Kier alpha value is -2.44. The van der Waals surface area contributed by atoms with Gasteiger partial charge in [-0.1, -0.05) is 40.2 Å². The number of aromatic nitrogens is 1. The highest BCUT2D eigenvalue weighted by atomic mass is 79.9. The number of benzene rings is 2. The van der Waals surface area contributed by atoms with Gasteiger partial charge in [0.1, 0.15) is 0 Å². The standard InChI is InChI=1S/C18H14BrN3OS/c19-14-6-4-13(5-7-14)16-11-24-18(21-16)22-17(23)10-3-12-1-8-15(20)9-2-12/h1-11H,20H2,(H,21,22,23)/b10-3+. The summed E-state index contributed by atoms with van der Waals surface area (Å²) in [5.74, 6) is -0.219. The molecule has 0 saturated heterocycles. The fourth-order valence-corrected chi connectivity index (χ4v) is 3.00. The zero-order valence-corrected chi connectivity index (χ0v) is 15.0. The van der Waals surface area contributed by atoms with Crippen LogP contribution in [0, 0.1) is 0 Å². The molecule has 0 aliphatic carbocycles. The van der Waals surface area contributed by atoms with Gasteiger partial charge in [0.25, 0.3) is 0 Å². The molecular weight excluding hydrogens is 386 g/mol. The van der Waals surface area contributed by atoms with E-state index in [0.29, 0.717) is 10.8 Å². The third kappa shape index (κ3) is 4.31. The van der Waals surface area contributed by atoms with Crippen LogP contribution in [0.15, 0.2) is 64.5 Å². The van der Waals surface area contributed by atoms with Crippen molar-refractivity contribution in [3.8, 4) is 11.3 Å². The van der Waals surface area contributed by atoms with Crippen LogP contribution < -0.4 is 11.1 Å². The minimum absolute atomic E-state index is 0.219. The zero-order valence-electron chi connectivity index (χ0n) is 12.6. The average molecular weight is 400 g/mol. The van der Waals surface area contributed by atoms with Crippen molar-refractivity contribution >= 4 is 50.1 Å². The van der Waals surface area contributed by atoms with E-state index in [1.807, 2.05) is 41.8 Å². The summed E-state index contributed by atoms with van der Waals surface area (Å²) < 4.78 is 1.02. The Morgan fingerprint density at radius 3 is 2.54 bits per heavy atom. The normalized spacial score (nSPS) is 10.9. The molecule has 0 atom stereocenters. The molecule has 4 nitrogen and oxygen atoms in total. The molecule has 1 aromatic heterocycles. The second-order valence-electron chi connectivity index (χ2n) is 5.03. The number of rotatable bonds is 4. The second kappa shape index (κ2) is 7.42. The van der Waals surface area contributed by atoms with Crippen LogP contribution in [0.1, 0.15) is 5.56 Å². The quantitative estimate of drug-likeness (QED) is 0.488. The van der Waals surface area contributed by atoms with Gasteiger partial charge in [-0.25, -0.2) is 4.98 Å². The van der Waals surface area contributed by atoms with Crippen molar-refractivity contribution in [1.29, 1.82) is 0 Å². The molecule has 3 N–H and O–H groups in total. The van der Waals surface area contributed by atoms with Crippen molar-refractivity contribution in [1.82, 2.24) is 4.98 Å². The Morgan fingerprint density at radius 2 is 1.83 bits per heavy atom. The van der Waals surface area contributed by atoms with Crippen LogP contribution >= 0.6 is 27.3 Å². The molecule has 0 spiro atoms. The number of anilines is 2. The fourth-order valence-electron chi connectivity index (χ4n) is 2.01.